The summed E-state index contributed by atoms with van der Waals surface area (Å²) in [5, 5.41) is 12.9. The molecule has 3 rings (SSSR count). The van der Waals surface area contributed by atoms with Crippen molar-refractivity contribution in [3.05, 3.63) is 60.2 Å². The molecule has 2 amide bonds. The van der Waals surface area contributed by atoms with Crippen molar-refractivity contribution in [3.63, 3.8) is 0 Å². The zero-order chi connectivity index (χ0) is 17.7. The fraction of sp³-hybridized carbons (Fsp3) is 0.350. The van der Waals surface area contributed by atoms with E-state index in [0.29, 0.717) is 13.1 Å². The Hall–Kier alpha value is -2.53. The van der Waals surface area contributed by atoms with Gasteiger partial charge in [-0.3, -0.25) is 0 Å². The Morgan fingerprint density at radius 2 is 1.76 bits per heavy atom. The van der Waals surface area contributed by atoms with Crippen LogP contribution >= 0.6 is 0 Å². The molecule has 0 radical (unpaired) electrons. The van der Waals surface area contributed by atoms with Crippen LogP contribution in [0.1, 0.15) is 18.4 Å². The number of hydrogen-bond donors (Lipinski definition) is 2. The lowest BCUT2D eigenvalue weighted by Crippen LogP contribution is -2.48. The third kappa shape index (κ3) is 3.77. The van der Waals surface area contributed by atoms with E-state index in [2.05, 4.69) is 17.4 Å². The molecule has 5 heteroatoms. The van der Waals surface area contributed by atoms with Gasteiger partial charge < -0.3 is 20.1 Å². The van der Waals surface area contributed by atoms with Crippen LogP contribution in [0.15, 0.2) is 54.6 Å². The standard InChI is InChI=1S/C20H24N2O3/c1-25-18-9-7-17(8-10-18)21-19(24)22-13-11-20(15-23,12-14-22)16-5-3-2-4-6-16/h2-10,23H,11-15H2,1H3,(H,21,24). The first-order valence-electron chi connectivity index (χ1n) is 8.53. The summed E-state index contributed by atoms with van der Waals surface area (Å²) in [6, 6.07) is 17.3. The predicted octanol–water partition coefficient (Wildman–Crippen LogP) is 3.25. The smallest absolute Gasteiger partial charge is 0.321 e. The Kier molecular flexibility index (Phi) is 5.24. The number of hydrogen-bond acceptors (Lipinski definition) is 3. The molecule has 132 valence electrons. The van der Waals surface area contributed by atoms with Crippen LogP contribution in [0.3, 0.4) is 0 Å². The molecule has 0 aliphatic carbocycles. The maximum absolute atomic E-state index is 12.5. The molecule has 0 spiro atoms. The van der Waals surface area contributed by atoms with Gasteiger partial charge in [-0.05, 0) is 42.7 Å². The number of aliphatic hydroxyl groups excluding tert-OH is 1. The van der Waals surface area contributed by atoms with E-state index in [1.165, 1.54) is 0 Å². The second kappa shape index (κ2) is 7.57. The molecular weight excluding hydrogens is 316 g/mol. The molecule has 2 aromatic rings. The molecule has 1 aliphatic rings. The van der Waals surface area contributed by atoms with Crippen LogP contribution < -0.4 is 10.1 Å². The predicted molar refractivity (Wildman–Crippen MR) is 98.0 cm³/mol. The number of ether oxygens (including phenoxy) is 1. The molecule has 0 aromatic heterocycles. The number of benzene rings is 2. The minimum atomic E-state index is -0.252. The van der Waals surface area contributed by atoms with Gasteiger partial charge in [0.2, 0.25) is 0 Å². The second-order valence-electron chi connectivity index (χ2n) is 6.45. The summed E-state index contributed by atoms with van der Waals surface area (Å²) in [5.74, 6) is 0.756. The van der Waals surface area contributed by atoms with E-state index in [9.17, 15) is 9.90 Å². The molecule has 0 bridgehead atoms. The van der Waals surface area contributed by atoms with Crippen LogP contribution in [0, 0.1) is 0 Å². The Morgan fingerprint density at radius 3 is 2.32 bits per heavy atom. The molecule has 1 fully saturated rings. The Balaban J connectivity index is 1.62. The first-order chi connectivity index (χ1) is 12.2. The van der Waals surface area contributed by atoms with Gasteiger partial charge in [-0.1, -0.05) is 30.3 Å². The molecule has 0 unspecified atom stereocenters. The number of carbonyl (C=O) groups excluding carboxylic acids is 1. The lowest BCUT2D eigenvalue weighted by molar-refractivity contribution is 0.115. The van der Waals surface area contributed by atoms with Crippen molar-refractivity contribution < 1.29 is 14.6 Å². The zero-order valence-corrected chi connectivity index (χ0v) is 14.4. The first kappa shape index (κ1) is 17.3. The van der Waals surface area contributed by atoms with Gasteiger partial charge in [0.15, 0.2) is 0 Å². The minimum absolute atomic E-state index is 0.102. The Labute approximate surface area is 148 Å². The molecular formula is C20H24N2O3. The lowest BCUT2D eigenvalue weighted by atomic mass is 9.73. The number of likely N-dealkylation sites (tertiary alicyclic amines) is 1. The number of urea groups is 1. The SMILES string of the molecule is COc1ccc(NC(=O)N2CCC(CO)(c3ccccc3)CC2)cc1. The van der Waals surface area contributed by atoms with Crippen molar-refractivity contribution in [2.24, 2.45) is 0 Å². The fourth-order valence-electron chi connectivity index (χ4n) is 3.34. The average Bonchev–Trinajstić information content (AvgIpc) is 2.69. The molecule has 2 aromatic carbocycles. The highest BCUT2D eigenvalue weighted by molar-refractivity contribution is 5.89. The Morgan fingerprint density at radius 1 is 1.12 bits per heavy atom. The number of rotatable bonds is 4. The maximum Gasteiger partial charge on any atom is 0.321 e. The number of nitrogens with zero attached hydrogens (tertiary/aromatic N) is 1. The summed E-state index contributed by atoms with van der Waals surface area (Å²) in [4.78, 5) is 14.3. The highest BCUT2D eigenvalue weighted by atomic mass is 16.5. The van der Waals surface area contributed by atoms with E-state index >= 15 is 0 Å². The fourth-order valence-corrected chi connectivity index (χ4v) is 3.34. The van der Waals surface area contributed by atoms with E-state index in [-0.39, 0.29) is 18.1 Å². The van der Waals surface area contributed by atoms with Crippen molar-refractivity contribution in [2.45, 2.75) is 18.3 Å². The molecule has 1 saturated heterocycles. The summed E-state index contributed by atoms with van der Waals surface area (Å²) >= 11 is 0. The molecule has 1 aliphatic heterocycles. The number of piperidine rings is 1. The molecule has 0 atom stereocenters. The highest BCUT2D eigenvalue weighted by Crippen LogP contribution is 2.35. The van der Waals surface area contributed by atoms with Crippen molar-refractivity contribution in [1.29, 1.82) is 0 Å². The largest absolute Gasteiger partial charge is 0.497 e. The number of nitrogens with one attached hydrogen (secondary N) is 1. The average molecular weight is 340 g/mol. The zero-order valence-electron chi connectivity index (χ0n) is 14.4. The van der Waals surface area contributed by atoms with Crippen LogP contribution in [0.2, 0.25) is 0 Å². The van der Waals surface area contributed by atoms with Gasteiger partial charge in [-0.25, -0.2) is 4.79 Å². The number of amides is 2. The van der Waals surface area contributed by atoms with Gasteiger partial charge >= 0.3 is 6.03 Å². The molecule has 0 saturated carbocycles. The van der Waals surface area contributed by atoms with Crippen LogP contribution in [-0.2, 0) is 5.41 Å². The summed E-state index contributed by atoms with van der Waals surface area (Å²) in [5.41, 5.74) is 1.64. The van der Waals surface area contributed by atoms with Gasteiger partial charge in [-0.15, -0.1) is 0 Å². The van der Waals surface area contributed by atoms with Gasteiger partial charge in [-0.2, -0.15) is 0 Å². The third-order valence-corrected chi connectivity index (χ3v) is 5.04. The van der Waals surface area contributed by atoms with Gasteiger partial charge in [0.05, 0.1) is 13.7 Å². The van der Waals surface area contributed by atoms with Crippen LogP contribution in [0.25, 0.3) is 0 Å². The summed E-state index contributed by atoms with van der Waals surface area (Å²) in [6.45, 7) is 1.35. The van der Waals surface area contributed by atoms with Crippen LogP contribution in [0.4, 0.5) is 10.5 Å². The second-order valence-corrected chi connectivity index (χ2v) is 6.45. The molecule has 25 heavy (non-hydrogen) atoms. The molecule has 1 heterocycles. The van der Waals surface area contributed by atoms with Crippen LogP contribution in [-0.4, -0.2) is 42.8 Å². The van der Waals surface area contributed by atoms with Crippen LogP contribution in [0.5, 0.6) is 5.75 Å². The van der Waals surface area contributed by atoms with E-state index in [4.69, 9.17) is 4.74 Å². The molecule has 5 nitrogen and oxygen atoms in total. The third-order valence-electron chi connectivity index (χ3n) is 5.04. The molecule has 2 N–H and O–H groups in total. The summed E-state index contributed by atoms with van der Waals surface area (Å²) < 4.78 is 5.12. The highest BCUT2D eigenvalue weighted by Gasteiger charge is 2.36. The van der Waals surface area contributed by atoms with E-state index in [0.717, 1.165) is 29.8 Å². The van der Waals surface area contributed by atoms with Gasteiger partial charge in [0.1, 0.15) is 5.75 Å². The quantitative estimate of drug-likeness (QED) is 0.898. The monoisotopic (exact) mass is 340 g/mol. The van der Waals surface area contributed by atoms with Crippen molar-refractivity contribution in [2.75, 3.05) is 32.1 Å². The summed E-state index contributed by atoms with van der Waals surface area (Å²) in [6.07, 6.45) is 1.51. The maximum atomic E-state index is 12.5. The minimum Gasteiger partial charge on any atom is -0.497 e. The Bertz CT molecular complexity index is 693. The normalized spacial score (nSPS) is 16.3. The van der Waals surface area contributed by atoms with Gasteiger partial charge in [0.25, 0.3) is 0 Å². The summed E-state index contributed by atoms with van der Waals surface area (Å²) in [7, 11) is 1.61. The van der Waals surface area contributed by atoms with Crippen molar-refractivity contribution in [3.8, 4) is 5.75 Å². The number of methoxy groups -OCH3 is 1. The number of carbonyl (C=O) groups is 1. The van der Waals surface area contributed by atoms with E-state index in [1.807, 2.05) is 42.5 Å². The van der Waals surface area contributed by atoms with Gasteiger partial charge in [0, 0.05) is 24.2 Å². The van der Waals surface area contributed by atoms with Crippen molar-refractivity contribution in [1.82, 2.24) is 4.90 Å². The first-order valence-corrected chi connectivity index (χ1v) is 8.53. The van der Waals surface area contributed by atoms with E-state index < -0.39 is 0 Å². The van der Waals surface area contributed by atoms with Crippen molar-refractivity contribution >= 4 is 11.7 Å². The number of aliphatic hydroxyl groups is 1. The number of anilines is 1. The topological polar surface area (TPSA) is 61.8 Å². The lowest BCUT2D eigenvalue weighted by Gasteiger charge is -2.41. The van der Waals surface area contributed by atoms with E-state index in [1.54, 1.807) is 12.0 Å².